The van der Waals surface area contributed by atoms with E-state index in [0.29, 0.717) is 39.3 Å². The molecule has 31 heavy (non-hydrogen) atoms. The molecule has 158 valence electrons. The third-order valence-corrected chi connectivity index (χ3v) is 5.66. The Morgan fingerprint density at radius 2 is 1.81 bits per heavy atom. The number of nitrogens with one attached hydrogen (secondary N) is 1. The predicted molar refractivity (Wildman–Crippen MR) is 119 cm³/mol. The van der Waals surface area contributed by atoms with Gasteiger partial charge in [-0.3, -0.25) is 9.59 Å². The van der Waals surface area contributed by atoms with E-state index in [4.69, 9.17) is 11.6 Å². The van der Waals surface area contributed by atoms with Gasteiger partial charge in [-0.25, -0.2) is 9.07 Å². The number of carbonyl (C=O) groups is 1. The maximum absolute atomic E-state index is 14.1. The molecule has 2 heterocycles. The number of rotatable bonds is 5. The van der Waals surface area contributed by atoms with Crippen molar-refractivity contribution in [1.29, 1.82) is 0 Å². The van der Waals surface area contributed by atoms with Gasteiger partial charge in [-0.15, -0.1) is 0 Å². The molecule has 0 spiro atoms. The number of fused-ring (bicyclic) bond motifs is 1. The molecule has 0 bridgehead atoms. The van der Waals surface area contributed by atoms with Crippen LogP contribution in [0.3, 0.4) is 0 Å². The summed E-state index contributed by atoms with van der Waals surface area (Å²) < 4.78 is 17.2. The lowest BCUT2D eigenvalue weighted by Crippen LogP contribution is -2.29. The third kappa shape index (κ3) is 3.96. The van der Waals surface area contributed by atoms with Crippen molar-refractivity contribution < 1.29 is 9.18 Å². The fourth-order valence-electron chi connectivity index (χ4n) is 3.68. The number of hydrogen-bond donors (Lipinski definition) is 1. The van der Waals surface area contributed by atoms with Gasteiger partial charge >= 0.3 is 0 Å². The Morgan fingerprint density at radius 1 is 1.10 bits per heavy atom. The van der Waals surface area contributed by atoms with Crippen LogP contribution < -0.4 is 10.9 Å². The third-order valence-electron chi connectivity index (χ3n) is 5.33. The Morgan fingerprint density at radius 3 is 2.55 bits per heavy atom. The van der Waals surface area contributed by atoms with Crippen molar-refractivity contribution in [2.75, 3.05) is 5.32 Å². The highest BCUT2D eigenvalue weighted by Crippen LogP contribution is 2.24. The number of carbonyl (C=O) groups excluding carboxylic acids is 1. The van der Waals surface area contributed by atoms with E-state index in [1.54, 1.807) is 48.7 Å². The molecular weight excluding hydrogens is 419 g/mol. The summed E-state index contributed by atoms with van der Waals surface area (Å²) in [6.07, 6.45) is 1.57. The Labute approximate surface area is 182 Å². The van der Waals surface area contributed by atoms with Crippen LogP contribution in [-0.4, -0.2) is 20.3 Å². The monoisotopic (exact) mass is 438 g/mol. The van der Waals surface area contributed by atoms with Crippen LogP contribution in [0.1, 0.15) is 17.0 Å². The van der Waals surface area contributed by atoms with E-state index in [1.807, 2.05) is 18.4 Å². The summed E-state index contributed by atoms with van der Waals surface area (Å²) in [6.45, 7) is 3.72. The second-order valence-electron chi connectivity index (χ2n) is 7.27. The maximum Gasteiger partial charge on any atom is 0.276 e. The summed E-state index contributed by atoms with van der Waals surface area (Å²) in [4.78, 5) is 25.5. The van der Waals surface area contributed by atoms with Crippen molar-refractivity contribution in [3.05, 3.63) is 92.9 Å². The Balaban J connectivity index is 1.67. The highest BCUT2D eigenvalue weighted by molar-refractivity contribution is 6.33. The van der Waals surface area contributed by atoms with E-state index >= 15 is 0 Å². The number of amides is 1. The fraction of sp³-hybridized carbons (Fsp3) is 0.174. The van der Waals surface area contributed by atoms with Crippen molar-refractivity contribution in [3.8, 4) is 0 Å². The molecule has 0 aliphatic heterocycles. The zero-order valence-electron chi connectivity index (χ0n) is 17.0. The Kier molecular flexibility index (Phi) is 5.61. The van der Waals surface area contributed by atoms with Gasteiger partial charge in [-0.1, -0.05) is 41.9 Å². The normalized spacial score (nSPS) is 11.1. The van der Waals surface area contributed by atoms with Gasteiger partial charge in [0.05, 0.1) is 28.8 Å². The zero-order chi connectivity index (χ0) is 22.1. The van der Waals surface area contributed by atoms with E-state index in [2.05, 4.69) is 10.4 Å². The van der Waals surface area contributed by atoms with E-state index in [0.717, 1.165) is 10.4 Å². The van der Waals surface area contributed by atoms with Gasteiger partial charge in [0, 0.05) is 22.3 Å². The number of para-hydroxylation sites is 1. The molecule has 1 amide bonds. The number of halogens is 2. The van der Waals surface area contributed by atoms with Crippen LogP contribution in [0.4, 0.5) is 10.1 Å². The molecule has 0 fully saturated rings. The highest BCUT2D eigenvalue weighted by Gasteiger charge is 2.18. The van der Waals surface area contributed by atoms with Crippen LogP contribution >= 0.6 is 11.6 Å². The topological polar surface area (TPSA) is 68.9 Å². The molecule has 0 aliphatic rings. The molecule has 4 rings (SSSR count). The van der Waals surface area contributed by atoms with Crippen molar-refractivity contribution in [3.63, 3.8) is 0 Å². The molecule has 0 aliphatic carbocycles. The first-order valence-corrected chi connectivity index (χ1v) is 10.1. The summed E-state index contributed by atoms with van der Waals surface area (Å²) >= 11 is 6.07. The van der Waals surface area contributed by atoms with Crippen LogP contribution in [-0.2, 0) is 17.9 Å². The maximum atomic E-state index is 14.1. The van der Waals surface area contributed by atoms with Crippen LogP contribution in [0.15, 0.2) is 59.5 Å². The first-order valence-electron chi connectivity index (χ1n) is 9.70. The Hall–Kier alpha value is -3.45. The molecule has 0 saturated carbocycles. The molecule has 0 atom stereocenters. The lowest BCUT2D eigenvalue weighted by molar-refractivity contribution is -0.117. The smallest absolute Gasteiger partial charge is 0.276 e. The number of aryl methyl sites for hydroxylation is 2. The van der Waals surface area contributed by atoms with Crippen molar-refractivity contribution in [2.45, 2.75) is 26.9 Å². The number of benzene rings is 2. The minimum absolute atomic E-state index is 0.253. The van der Waals surface area contributed by atoms with E-state index in [9.17, 15) is 14.0 Å². The van der Waals surface area contributed by atoms with Gasteiger partial charge in [0.1, 0.15) is 12.4 Å². The number of hydrogen-bond acceptors (Lipinski definition) is 3. The van der Waals surface area contributed by atoms with Crippen LogP contribution in [0.5, 0.6) is 0 Å². The van der Waals surface area contributed by atoms with Gasteiger partial charge in [0.25, 0.3) is 5.56 Å². The van der Waals surface area contributed by atoms with Crippen molar-refractivity contribution in [2.24, 2.45) is 0 Å². The largest absolute Gasteiger partial charge is 0.343 e. The van der Waals surface area contributed by atoms with Crippen LogP contribution in [0, 0.1) is 19.7 Å². The molecule has 0 radical (unpaired) electrons. The van der Waals surface area contributed by atoms with Crippen LogP contribution in [0.25, 0.3) is 10.8 Å². The molecule has 1 N–H and O–H groups in total. The van der Waals surface area contributed by atoms with Gasteiger partial charge < -0.3 is 9.88 Å². The van der Waals surface area contributed by atoms with Crippen LogP contribution in [0.2, 0.25) is 5.02 Å². The van der Waals surface area contributed by atoms with Gasteiger partial charge in [0.15, 0.2) is 0 Å². The molecule has 4 aromatic rings. The average Bonchev–Trinajstić information content (AvgIpc) is 2.98. The molecule has 0 saturated heterocycles. The summed E-state index contributed by atoms with van der Waals surface area (Å²) in [7, 11) is 0. The molecule has 6 nitrogen and oxygen atoms in total. The second kappa shape index (κ2) is 8.35. The lowest BCUT2D eigenvalue weighted by Gasteiger charge is -2.10. The van der Waals surface area contributed by atoms with Gasteiger partial charge in [-0.2, -0.15) is 5.10 Å². The number of nitrogens with zero attached hydrogens (tertiary/aromatic N) is 3. The molecule has 8 heteroatoms. The summed E-state index contributed by atoms with van der Waals surface area (Å²) in [5.74, 6) is -0.715. The van der Waals surface area contributed by atoms with E-state index in [-0.39, 0.29) is 17.9 Å². The SMILES string of the molecule is Cc1c2cnn(CC(=O)Nc3ccccc3Cl)c(=O)c2c(C)n1Cc1ccccc1F. The van der Waals surface area contributed by atoms with Gasteiger partial charge in [-0.05, 0) is 32.0 Å². The first-order chi connectivity index (χ1) is 14.9. The standard InChI is InChI=1S/C23H20ClFN4O2/c1-14-17-11-26-29(13-21(30)27-20-10-6-4-8-18(20)24)23(31)22(17)15(2)28(14)12-16-7-3-5-9-19(16)25/h3-11H,12-13H2,1-2H3,(H,27,30). The van der Waals surface area contributed by atoms with Crippen molar-refractivity contribution in [1.82, 2.24) is 14.3 Å². The predicted octanol–water partition coefficient (Wildman–Crippen LogP) is 4.29. The average molecular weight is 439 g/mol. The molecule has 0 unspecified atom stereocenters. The minimum Gasteiger partial charge on any atom is -0.343 e. The van der Waals surface area contributed by atoms with E-state index < -0.39 is 5.91 Å². The molecular formula is C23H20ClFN4O2. The first kappa shape index (κ1) is 20.8. The highest BCUT2D eigenvalue weighted by atomic mass is 35.5. The second-order valence-corrected chi connectivity index (χ2v) is 7.68. The number of aromatic nitrogens is 3. The number of anilines is 1. The lowest BCUT2D eigenvalue weighted by atomic mass is 10.2. The molecule has 2 aromatic carbocycles. The van der Waals surface area contributed by atoms with Crippen molar-refractivity contribution >= 4 is 34.0 Å². The minimum atomic E-state index is -0.415. The fourth-order valence-corrected chi connectivity index (χ4v) is 3.86. The summed E-state index contributed by atoms with van der Waals surface area (Å²) in [5, 5.41) is 8.41. The van der Waals surface area contributed by atoms with E-state index in [1.165, 1.54) is 6.07 Å². The quantitative estimate of drug-likeness (QED) is 0.505. The molecule has 2 aromatic heterocycles. The summed E-state index contributed by atoms with van der Waals surface area (Å²) in [5.41, 5.74) is 2.13. The Bertz CT molecular complexity index is 1360. The zero-order valence-corrected chi connectivity index (χ0v) is 17.8. The summed E-state index contributed by atoms with van der Waals surface area (Å²) in [6, 6.07) is 13.4. The van der Waals surface area contributed by atoms with Gasteiger partial charge in [0.2, 0.25) is 5.91 Å².